The summed E-state index contributed by atoms with van der Waals surface area (Å²) in [5.74, 6) is -2.01. The minimum atomic E-state index is -1.51. The molecule has 0 bridgehead atoms. The Morgan fingerprint density at radius 1 is 1.40 bits per heavy atom. The van der Waals surface area contributed by atoms with Gasteiger partial charge in [0.25, 0.3) is 5.91 Å². The molecular weight excluding hydrogens is 288 g/mol. The number of halogens is 1. The molecule has 0 aliphatic carbocycles. The van der Waals surface area contributed by atoms with Gasteiger partial charge >= 0.3 is 11.7 Å². The van der Waals surface area contributed by atoms with Crippen LogP contribution in [0.4, 0.5) is 5.69 Å². The number of nitrogens with zero attached hydrogens (tertiary/aromatic N) is 2. The topological polar surface area (TPSA) is 101 Å². The lowest BCUT2D eigenvalue weighted by atomic mass is 10.0. The largest absolute Gasteiger partial charge is 0.480 e. The van der Waals surface area contributed by atoms with Crippen LogP contribution in [0, 0.1) is 10.1 Å². The van der Waals surface area contributed by atoms with Crippen LogP contribution in [0.15, 0.2) is 18.2 Å². The van der Waals surface area contributed by atoms with Crippen LogP contribution in [0.25, 0.3) is 0 Å². The highest BCUT2D eigenvalue weighted by Crippen LogP contribution is 2.30. The highest BCUT2D eigenvalue weighted by Gasteiger charge is 2.38. The summed E-state index contributed by atoms with van der Waals surface area (Å²) in [7, 11) is 1.26. The van der Waals surface area contributed by atoms with Crippen molar-refractivity contribution in [3.63, 3.8) is 0 Å². The van der Waals surface area contributed by atoms with Crippen molar-refractivity contribution in [2.75, 3.05) is 7.05 Å². The number of para-hydroxylation sites is 1. The fraction of sp³-hybridized carbons (Fsp3) is 0.333. The summed E-state index contributed by atoms with van der Waals surface area (Å²) < 4.78 is 0. The third-order valence-corrected chi connectivity index (χ3v) is 3.37. The Morgan fingerprint density at radius 3 is 2.40 bits per heavy atom. The summed E-state index contributed by atoms with van der Waals surface area (Å²) in [6, 6.07) is 3.92. The molecule has 0 aromatic heterocycles. The number of likely N-dealkylation sites (N-methyl/N-ethyl adjacent to an activating group) is 1. The molecule has 108 valence electrons. The van der Waals surface area contributed by atoms with Gasteiger partial charge in [0.05, 0.1) is 4.92 Å². The number of carboxylic acid groups (broad SMARTS) is 1. The van der Waals surface area contributed by atoms with E-state index in [2.05, 4.69) is 0 Å². The van der Waals surface area contributed by atoms with Crippen LogP contribution in [0.5, 0.6) is 0 Å². The summed E-state index contributed by atoms with van der Waals surface area (Å²) in [5.41, 5.74) is -2.29. The van der Waals surface area contributed by atoms with Crippen LogP contribution < -0.4 is 0 Å². The third-order valence-electron chi connectivity index (χ3n) is 3.07. The smallest absolute Gasteiger partial charge is 0.329 e. The number of carbonyl (C=O) groups excluding carboxylic acids is 1. The standard InChI is InChI=1S/C12H13ClN2O5/c1-12(2,11(17)18)14(3)10(16)7-5-4-6-8(13)9(7)15(19)20/h4-6H,1-3H3,(H,17,18). The van der Waals surface area contributed by atoms with Crippen LogP contribution in [-0.2, 0) is 4.79 Å². The molecule has 0 saturated heterocycles. The van der Waals surface area contributed by atoms with E-state index in [4.69, 9.17) is 16.7 Å². The van der Waals surface area contributed by atoms with Crippen molar-refractivity contribution >= 4 is 29.2 Å². The summed E-state index contributed by atoms with van der Waals surface area (Å²) in [6.07, 6.45) is 0. The second kappa shape index (κ2) is 5.46. The molecule has 20 heavy (non-hydrogen) atoms. The Bertz CT molecular complexity index is 585. The minimum Gasteiger partial charge on any atom is -0.480 e. The predicted molar refractivity (Wildman–Crippen MR) is 71.9 cm³/mol. The lowest BCUT2D eigenvalue weighted by molar-refractivity contribution is -0.385. The molecule has 0 heterocycles. The van der Waals surface area contributed by atoms with E-state index in [-0.39, 0.29) is 10.6 Å². The van der Waals surface area contributed by atoms with E-state index < -0.39 is 28.0 Å². The zero-order valence-electron chi connectivity index (χ0n) is 11.1. The number of nitro groups is 1. The van der Waals surface area contributed by atoms with Crippen molar-refractivity contribution in [2.24, 2.45) is 0 Å². The Morgan fingerprint density at radius 2 is 1.95 bits per heavy atom. The number of benzene rings is 1. The van der Waals surface area contributed by atoms with Crippen molar-refractivity contribution in [2.45, 2.75) is 19.4 Å². The van der Waals surface area contributed by atoms with E-state index in [0.29, 0.717) is 0 Å². The maximum atomic E-state index is 12.3. The van der Waals surface area contributed by atoms with Gasteiger partial charge in [-0.3, -0.25) is 14.9 Å². The second-order valence-electron chi connectivity index (χ2n) is 4.62. The number of carbonyl (C=O) groups is 2. The van der Waals surface area contributed by atoms with Gasteiger partial charge in [-0.1, -0.05) is 17.7 Å². The molecule has 0 atom stereocenters. The molecule has 7 nitrogen and oxygen atoms in total. The number of hydrogen-bond acceptors (Lipinski definition) is 4. The van der Waals surface area contributed by atoms with Gasteiger partial charge in [-0.2, -0.15) is 0 Å². The Hall–Kier alpha value is -2.15. The number of carboxylic acids is 1. The SMILES string of the molecule is CN(C(=O)c1cccc(Cl)c1[N+](=O)[O-])C(C)(C)C(=O)O. The Labute approximate surface area is 119 Å². The molecule has 0 radical (unpaired) electrons. The fourth-order valence-corrected chi connectivity index (χ4v) is 1.70. The van der Waals surface area contributed by atoms with Gasteiger partial charge in [-0.05, 0) is 26.0 Å². The van der Waals surface area contributed by atoms with Crippen molar-refractivity contribution in [3.8, 4) is 0 Å². The quantitative estimate of drug-likeness (QED) is 0.678. The third kappa shape index (κ3) is 2.72. The molecule has 0 saturated carbocycles. The number of aliphatic carboxylic acids is 1. The van der Waals surface area contributed by atoms with E-state index in [1.54, 1.807) is 0 Å². The van der Waals surface area contributed by atoms with Crippen LogP contribution in [0.2, 0.25) is 5.02 Å². The average molecular weight is 301 g/mol. The van der Waals surface area contributed by atoms with Gasteiger partial charge in [0.15, 0.2) is 0 Å². The van der Waals surface area contributed by atoms with Crippen molar-refractivity contribution < 1.29 is 19.6 Å². The van der Waals surface area contributed by atoms with Gasteiger partial charge in [-0.15, -0.1) is 0 Å². The zero-order chi connectivity index (χ0) is 15.7. The second-order valence-corrected chi connectivity index (χ2v) is 5.03. The summed E-state index contributed by atoms with van der Waals surface area (Å²) in [6.45, 7) is 2.65. The first kappa shape index (κ1) is 15.9. The first-order valence-electron chi connectivity index (χ1n) is 5.55. The lowest BCUT2D eigenvalue weighted by Gasteiger charge is -2.31. The maximum absolute atomic E-state index is 12.3. The van der Waals surface area contributed by atoms with Crippen molar-refractivity contribution in [1.82, 2.24) is 4.90 Å². The van der Waals surface area contributed by atoms with Gasteiger partial charge in [0.2, 0.25) is 0 Å². The van der Waals surface area contributed by atoms with Gasteiger partial charge < -0.3 is 10.0 Å². The van der Waals surface area contributed by atoms with Gasteiger partial charge in [0, 0.05) is 7.05 Å². The summed E-state index contributed by atoms with van der Waals surface area (Å²) in [4.78, 5) is 34.5. The first-order chi connectivity index (χ1) is 9.10. The van der Waals surface area contributed by atoms with E-state index in [9.17, 15) is 19.7 Å². The molecule has 0 fully saturated rings. The normalized spacial score (nSPS) is 11.0. The first-order valence-corrected chi connectivity index (χ1v) is 5.93. The molecule has 0 spiro atoms. The average Bonchev–Trinajstić information content (AvgIpc) is 2.35. The van der Waals surface area contributed by atoms with Crippen LogP contribution >= 0.6 is 11.6 Å². The molecule has 0 unspecified atom stereocenters. The summed E-state index contributed by atoms with van der Waals surface area (Å²) >= 11 is 5.72. The molecule has 1 aromatic carbocycles. The monoisotopic (exact) mass is 300 g/mol. The molecule has 1 N–H and O–H groups in total. The molecular formula is C12H13ClN2O5. The van der Waals surface area contributed by atoms with Crippen LogP contribution in [0.3, 0.4) is 0 Å². The van der Waals surface area contributed by atoms with Gasteiger partial charge in [0.1, 0.15) is 16.1 Å². The molecule has 0 aliphatic heterocycles. The van der Waals surface area contributed by atoms with E-state index in [1.807, 2.05) is 0 Å². The molecule has 1 rings (SSSR count). The minimum absolute atomic E-state index is 0.178. The van der Waals surface area contributed by atoms with Crippen LogP contribution in [0.1, 0.15) is 24.2 Å². The molecule has 1 amide bonds. The number of nitro benzene ring substituents is 1. The van der Waals surface area contributed by atoms with E-state index in [0.717, 1.165) is 4.90 Å². The highest BCUT2D eigenvalue weighted by atomic mass is 35.5. The van der Waals surface area contributed by atoms with Crippen LogP contribution in [-0.4, -0.2) is 39.4 Å². The van der Waals surface area contributed by atoms with Gasteiger partial charge in [-0.25, -0.2) is 4.79 Å². The number of hydrogen-bond donors (Lipinski definition) is 1. The molecule has 0 aliphatic rings. The van der Waals surface area contributed by atoms with Crippen molar-refractivity contribution in [3.05, 3.63) is 38.9 Å². The Balaban J connectivity index is 3.33. The van der Waals surface area contributed by atoms with E-state index >= 15 is 0 Å². The highest BCUT2D eigenvalue weighted by molar-refractivity contribution is 6.33. The number of amides is 1. The number of rotatable bonds is 4. The summed E-state index contributed by atoms with van der Waals surface area (Å²) in [5, 5.41) is 19.9. The maximum Gasteiger partial charge on any atom is 0.329 e. The van der Waals surface area contributed by atoms with E-state index in [1.165, 1.54) is 39.1 Å². The molecule has 1 aromatic rings. The fourth-order valence-electron chi connectivity index (χ4n) is 1.45. The predicted octanol–water partition coefficient (Wildman–Crippen LogP) is 2.18. The van der Waals surface area contributed by atoms with Crippen molar-refractivity contribution in [1.29, 1.82) is 0 Å². The zero-order valence-corrected chi connectivity index (χ0v) is 11.8. The Kier molecular flexibility index (Phi) is 4.34. The molecule has 8 heteroatoms. The lowest BCUT2D eigenvalue weighted by Crippen LogP contribution is -2.50.